The van der Waals surface area contributed by atoms with E-state index in [0.717, 1.165) is 24.2 Å². The maximum Gasteiger partial charge on any atom is 0.348 e. The molecule has 8 nitrogen and oxygen atoms in total. The summed E-state index contributed by atoms with van der Waals surface area (Å²) in [6, 6.07) is 11.0. The fourth-order valence-electron chi connectivity index (χ4n) is 3.28. The molecule has 180 valence electrons. The molecule has 0 aliphatic carbocycles. The van der Waals surface area contributed by atoms with Crippen LogP contribution in [0, 0.1) is 6.92 Å². The average Bonchev–Trinajstić information content (AvgIpc) is 3.43. The highest BCUT2D eigenvalue weighted by molar-refractivity contribution is 7.18. The van der Waals surface area contributed by atoms with Crippen molar-refractivity contribution in [3.63, 3.8) is 0 Å². The highest BCUT2D eigenvalue weighted by atomic mass is 32.1. The fraction of sp³-hybridized carbons (Fsp3) is 0.320. The van der Waals surface area contributed by atoms with E-state index in [1.165, 1.54) is 18.7 Å². The Labute approximate surface area is 201 Å². The molecule has 0 aliphatic heterocycles. The lowest BCUT2D eigenvalue weighted by molar-refractivity contribution is 0.0531. The van der Waals surface area contributed by atoms with Crippen molar-refractivity contribution in [3.05, 3.63) is 69.5 Å². The van der Waals surface area contributed by atoms with Crippen LogP contribution in [0.1, 0.15) is 67.7 Å². The van der Waals surface area contributed by atoms with Crippen LogP contribution in [0.15, 0.2) is 40.8 Å². The van der Waals surface area contributed by atoms with Crippen molar-refractivity contribution in [2.24, 2.45) is 0 Å². The highest BCUT2D eigenvalue weighted by Crippen LogP contribution is 2.34. The molecule has 0 saturated carbocycles. The number of nitrogens with one attached hydrogen (secondary N) is 1. The third kappa shape index (κ3) is 5.85. The van der Waals surface area contributed by atoms with Crippen LogP contribution in [-0.2, 0) is 22.5 Å². The molecule has 0 spiro atoms. The van der Waals surface area contributed by atoms with E-state index in [1.54, 1.807) is 19.9 Å². The van der Waals surface area contributed by atoms with Crippen LogP contribution in [0.3, 0.4) is 0 Å². The molecule has 1 amide bonds. The Morgan fingerprint density at radius 3 is 2.41 bits per heavy atom. The third-order valence-electron chi connectivity index (χ3n) is 4.95. The summed E-state index contributed by atoms with van der Waals surface area (Å²) < 4.78 is 21.2. The number of amides is 1. The zero-order valence-electron chi connectivity index (χ0n) is 19.6. The molecule has 0 bridgehead atoms. The van der Waals surface area contributed by atoms with Crippen molar-refractivity contribution in [2.45, 2.75) is 40.2 Å². The van der Waals surface area contributed by atoms with E-state index in [1.807, 2.05) is 24.3 Å². The Morgan fingerprint density at radius 2 is 1.76 bits per heavy atom. The first kappa shape index (κ1) is 25.0. The average molecular weight is 486 g/mol. The summed E-state index contributed by atoms with van der Waals surface area (Å²) in [6.07, 6.45) is 2.09. The second-order valence-corrected chi connectivity index (χ2v) is 8.40. The number of ether oxygens (including phenoxy) is 3. The zero-order valence-corrected chi connectivity index (χ0v) is 20.4. The molecule has 3 rings (SSSR count). The molecule has 1 N–H and O–H groups in total. The summed E-state index contributed by atoms with van der Waals surface area (Å²) >= 11 is 0.946. The summed E-state index contributed by atoms with van der Waals surface area (Å²) in [5.74, 6) is -0.613. The van der Waals surface area contributed by atoms with Crippen molar-refractivity contribution in [3.8, 4) is 5.75 Å². The van der Waals surface area contributed by atoms with Crippen LogP contribution in [0.2, 0.25) is 0 Å². The number of thiophene rings is 1. The predicted molar refractivity (Wildman–Crippen MR) is 128 cm³/mol. The molecule has 1 aromatic carbocycles. The Balaban J connectivity index is 1.70. The van der Waals surface area contributed by atoms with Gasteiger partial charge in [-0.05, 0) is 55.7 Å². The Bertz CT molecular complexity index is 1160. The van der Waals surface area contributed by atoms with E-state index in [4.69, 9.17) is 18.6 Å². The van der Waals surface area contributed by atoms with Gasteiger partial charge in [0.05, 0.1) is 19.3 Å². The van der Waals surface area contributed by atoms with Gasteiger partial charge in [0.15, 0.2) is 5.76 Å². The van der Waals surface area contributed by atoms with Crippen molar-refractivity contribution in [2.75, 3.05) is 19.0 Å². The first-order valence-corrected chi connectivity index (χ1v) is 11.7. The second-order valence-electron chi connectivity index (χ2n) is 7.38. The molecule has 34 heavy (non-hydrogen) atoms. The van der Waals surface area contributed by atoms with Crippen molar-refractivity contribution in [1.29, 1.82) is 0 Å². The number of methoxy groups -OCH3 is 1. The fourth-order valence-corrected chi connectivity index (χ4v) is 4.36. The predicted octanol–water partition coefficient (Wildman–Crippen LogP) is 5.40. The lowest BCUT2D eigenvalue weighted by Gasteiger charge is -2.06. The van der Waals surface area contributed by atoms with Crippen LogP contribution < -0.4 is 10.1 Å². The molecule has 0 fully saturated rings. The monoisotopic (exact) mass is 485 g/mol. The largest absolute Gasteiger partial charge is 0.486 e. The third-order valence-corrected chi connectivity index (χ3v) is 6.14. The van der Waals surface area contributed by atoms with Gasteiger partial charge in [-0.15, -0.1) is 11.3 Å². The number of benzene rings is 1. The second kappa shape index (κ2) is 11.5. The maximum absolute atomic E-state index is 12.8. The molecule has 9 heteroatoms. The number of hydrogen-bond acceptors (Lipinski definition) is 8. The maximum atomic E-state index is 12.8. The van der Waals surface area contributed by atoms with Crippen LogP contribution in [0.4, 0.5) is 5.00 Å². The number of carbonyl (C=O) groups is 3. The Hall–Kier alpha value is -3.59. The minimum Gasteiger partial charge on any atom is -0.486 e. The molecule has 3 aromatic rings. The van der Waals surface area contributed by atoms with Gasteiger partial charge in [0.25, 0.3) is 5.91 Å². The smallest absolute Gasteiger partial charge is 0.348 e. The van der Waals surface area contributed by atoms with Gasteiger partial charge in [-0.1, -0.05) is 25.5 Å². The summed E-state index contributed by atoms with van der Waals surface area (Å²) in [4.78, 5) is 37.5. The molecule has 2 heterocycles. The van der Waals surface area contributed by atoms with E-state index >= 15 is 0 Å². The van der Waals surface area contributed by atoms with Crippen molar-refractivity contribution < 1.29 is 33.0 Å². The van der Waals surface area contributed by atoms with E-state index in [0.29, 0.717) is 17.1 Å². The van der Waals surface area contributed by atoms with E-state index in [9.17, 15) is 14.4 Å². The highest BCUT2D eigenvalue weighted by Gasteiger charge is 2.27. The summed E-state index contributed by atoms with van der Waals surface area (Å²) in [5, 5.41) is 2.82. The van der Waals surface area contributed by atoms with Crippen LogP contribution in [0.5, 0.6) is 5.75 Å². The number of furan rings is 1. The van der Waals surface area contributed by atoms with Gasteiger partial charge in [0.1, 0.15) is 28.0 Å². The summed E-state index contributed by atoms with van der Waals surface area (Å²) in [5.41, 5.74) is 1.72. The molecule has 0 atom stereocenters. The topological polar surface area (TPSA) is 104 Å². The molecule has 0 unspecified atom stereocenters. The minimum atomic E-state index is -0.668. The number of aryl methyl sites for hydroxylation is 1. The van der Waals surface area contributed by atoms with Gasteiger partial charge < -0.3 is 23.9 Å². The lowest BCUT2D eigenvalue weighted by atomic mass is 10.1. The van der Waals surface area contributed by atoms with E-state index in [-0.39, 0.29) is 34.4 Å². The number of anilines is 1. The van der Waals surface area contributed by atoms with E-state index < -0.39 is 17.8 Å². The molecule has 0 saturated heterocycles. The van der Waals surface area contributed by atoms with E-state index in [2.05, 4.69) is 12.2 Å². The standard InChI is InChI=1S/C25H27NO7S/c1-5-7-16-8-10-17(11-9-16)32-14-18-12-13-19(33-18)22(27)26-23-20(24(28)30-4)15(3)21(34-23)25(29)31-6-2/h8-13H,5-7,14H2,1-4H3,(H,26,27). The lowest BCUT2D eigenvalue weighted by Crippen LogP contribution is -2.13. The normalized spacial score (nSPS) is 10.6. The Kier molecular flexibility index (Phi) is 8.48. The van der Waals surface area contributed by atoms with Crippen LogP contribution >= 0.6 is 11.3 Å². The minimum absolute atomic E-state index is 0.0384. The molecule has 2 aromatic heterocycles. The van der Waals surface area contributed by atoms with Gasteiger partial charge in [-0.25, -0.2) is 9.59 Å². The van der Waals surface area contributed by atoms with Gasteiger partial charge in [0.2, 0.25) is 0 Å². The van der Waals surface area contributed by atoms with Crippen molar-refractivity contribution >= 4 is 34.2 Å². The molecular formula is C25H27NO7S. The summed E-state index contributed by atoms with van der Waals surface area (Å²) in [6.45, 7) is 5.75. The zero-order chi connectivity index (χ0) is 24.7. The van der Waals surface area contributed by atoms with Gasteiger partial charge in [-0.3, -0.25) is 4.79 Å². The van der Waals surface area contributed by atoms with Gasteiger partial charge in [-0.2, -0.15) is 0 Å². The number of hydrogen-bond donors (Lipinski definition) is 1. The first-order chi connectivity index (χ1) is 16.4. The summed E-state index contributed by atoms with van der Waals surface area (Å²) in [7, 11) is 1.23. The number of rotatable bonds is 10. The van der Waals surface area contributed by atoms with Gasteiger partial charge >= 0.3 is 11.9 Å². The molecule has 0 aliphatic rings. The van der Waals surface area contributed by atoms with Gasteiger partial charge in [0, 0.05) is 0 Å². The Morgan fingerprint density at radius 1 is 1.03 bits per heavy atom. The number of esters is 2. The first-order valence-electron chi connectivity index (χ1n) is 10.9. The van der Waals surface area contributed by atoms with Crippen LogP contribution in [0.25, 0.3) is 0 Å². The number of carbonyl (C=O) groups excluding carboxylic acids is 3. The molecule has 0 radical (unpaired) electrons. The SMILES string of the molecule is CCCc1ccc(OCc2ccc(C(=O)Nc3sc(C(=O)OCC)c(C)c3C(=O)OC)o2)cc1. The van der Waals surface area contributed by atoms with Crippen molar-refractivity contribution in [1.82, 2.24) is 0 Å². The quantitative estimate of drug-likeness (QED) is 0.384. The molecular weight excluding hydrogens is 458 g/mol. The van der Waals surface area contributed by atoms with Crippen LogP contribution in [-0.4, -0.2) is 31.6 Å².